The van der Waals surface area contributed by atoms with Gasteiger partial charge in [0.15, 0.2) is 5.78 Å². The van der Waals surface area contributed by atoms with Crippen LogP contribution in [-0.4, -0.2) is 35.9 Å². The number of aromatic nitrogens is 1. The molecule has 1 aromatic heterocycles. The van der Waals surface area contributed by atoms with Gasteiger partial charge in [-0.2, -0.15) is 0 Å². The molecule has 102 valence electrons. The Bertz CT molecular complexity index is 593. The number of allylic oxidation sites excluding steroid dienone is 2. The lowest BCUT2D eigenvalue weighted by atomic mass is 9.82. The van der Waals surface area contributed by atoms with E-state index in [0.717, 1.165) is 30.9 Å². The predicted molar refractivity (Wildman–Crippen MR) is 77.5 cm³/mol. The lowest BCUT2D eigenvalue weighted by Crippen LogP contribution is -2.52. The van der Waals surface area contributed by atoms with Crippen LogP contribution in [0.2, 0.25) is 0 Å². The number of carbonyl (C=O) groups excluding carboxylic acids is 1. The first-order chi connectivity index (χ1) is 9.83. The molecule has 1 aliphatic carbocycles. The zero-order valence-electron chi connectivity index (χ0n) is 11.2. The van der Waals surface area contributed by atoms with Gasteiger partial charge in [-0.1, -0.05) is 24.3 Å². The molecule has 2 fully saturated rings. The number of piperidine rings is 1. The number of carbonyl (C=O) groups is 1. The summed E-state index contributed by atoms with van der Waals surface area (Å²) in [5.41, 5.74) is 0.955. The molecule has 0 saturated carbocycles. The molecule has 0 spiro atoms. The number of rotatable bonds is 1. The number of fused-ring (bicyclic) bond motifs is 2. The van der Waals surface area contributed by atoms with Crippen LogP contribution in [0.25, 0.3) is 0 Å². The molecule has 3 aliphatic rings. The second-order valence-corrected chi connectivity index (χ2v) is 5.64. The molecule has 2 aliphatic heterocycles. The van der Waals surface area contributed by atoms with E-state index in [1.807, 2.05) is 18.2 Å². The van der Waals surface area contributed by atoms with Crippen LogP contribution in [0.4, 0.5) is 5.82 Å². The molecular weight excluding hydrogens is 250 g/mol. The van der Waals surface area contributed by atoms with Crippen LogP contribution >= 0.6 is 0 Å². The molecule has 3 atom stereocenters. The summed E-state index contributed by atoms with van der Waals surface area (Å²) in [5.74, 6) is 1.34. The molecule has 4 rings (SSSR count). The first kappa shape index (κ1) is 11.9. The topological polar surface area (TPSA) is 45.2 Å². The Morgan fingerprint density at radius 3 is 3.10 bits per heavy atom. The predicted octanol–water partition coefficient (Wildman–Crippen LogP) is 1.31. The lowest BCUT2D eigenvalue weighted by Gasteiger charge is -2.33. The van der Waals surface area contributed by atoms with Gasteiger partial charge in [-0.05, 0) is 18.6 Å². The van der Waals surface area contributed by atoms with Crippen molar-refractivity contribution in [1.29, 1.82) is 0 Å². The fourth-order valence-electron chi connectivity index (χ4n) is 3.45. The standard InChI is InChI=1S/C16H17N3O/c20-16-11-5-1-2-6-13(11)18-14-10-19(9-12(14)16)15-7-3-4-8-17-15/h2-8,12-14,18H,1,9-10H2. The summed E-state index contributed by atoms with van der Waals surface area (Å²) < 4.78 is 0. The lowest BCUT2D eigenvalue weighted by molar-refractivity contribution is -0.120. The molecular formula is C16H17N3O. The quantitative estimate of drug-likeness (QED) is 0.779. The van der Waals surface area contributed by atoms with Crippen molar-refractivity contribution in [2.24, 2.45) is 5.92 Å². The van der Waals surface area contributed by atoms with Crippen LogP contribution in [-0.2, 0) is 4.79 Å². The van der Waals surface area contributed by atoms with Gasteiger partial charge in [-0.3, -0.25) is 4.79 Å². The first-order valence-corrected chi connectivity index (χ1v) is 7.16. The van der Waals surface area contributed by atoms with Crippen molar-refractivity contribution in [3.63, 3.8) is 0 Å². The molecule has 4 heteroatoms. The van der Waals surface area contributed by atoms with Gasteiger partial charge in [0.2, 0.25) is 0 Å². The summed E-state index contributed by atoms with van der Waals surface area (Å²) in [7, 11) is 0. The molecule has 0 aromatic carbocycles. The minimum atomic E-state index is 0.0611. The minimum absolute atomic E-state index is 0.0611. The van der Waals surface area contributed by atoms with E-state index in [9.17, 15) is 4.79 Å². The van der Waals surface area contributed by atoms with E-state index in [0.29, 0.717) is 5.78 Å². The Labute approximate surface area is 118 Å². The van der Waals surface area contributed by atoms with E-state index in [1.165, 1.54) is 0 Å². The fraction of sp³-hybridized carbons (Fsp3) is 0.375. The third-order valence-electron chi connectivity index (χ3n) is 4.45. The summed E-state index contributed by atoms with van der Waals surface area (Å²) >= 11 is 0. The van der Waals surface area contributed by atoms with Crippen molar-refractivity contribution >= 4 is 11.6 Å². The number of ketones is 1. The van der Waals surface area contributed by atoms with E-state index in [4.69, 9.17) is 0 Å². The van der Waals surface area contributed by atoms with Crippen molar-refractivity contribution in [2.45, 2.75) is 18.5 Å². The van der Waals surface area contributed by atoms with Crippen molar-refractivity contribution in [3.8, 4) is 0 Å². The van der Waals surface area contributed by atoms with Gasteiger partial charge in [0.25, 0.3) is 0 Å². The fourth-order valence-corrected chi connectivity index (χ4v) is 3.45. The number of hydrogen-bond donors (Lipinski definition) is 1. The van der Waals surface area contributed by atoms with Crippen LogP contribution in [0.5, 0.6) is 0 Å². The zero-order chi connectivity index (χ0) is 13.5. The summed E-state index contributed by atoms with van der Waals surface area (Å²) in [6.07, 6.45) is 8.99. The number of nitrogens with zero attached hydrogens (tertiary/aromatic N) is 2. The summed E-state index contributed by atoms with van der Waals surface area (Å²) in [6.45, 7) is 1.62. The number of Topliss-reactive ketones (excluding diaryl/α,β-unsaturated/α-hetero) is 1. The molecule has 1 N–H and O–H groups in total. The maximum atomic E-state index is 12.6. The van der Waals surface area contributed by atoms with E-state index >= 15 is 0 Å². The van der Waals surface area contributed by atoms with Crippen LogP contribution in [0.3, 0.4) is 0 Å². The molecule has 2 saturated heterocycles. The Morgan fingerprint density at radius 1 is 1.30 bits per heavy atom. The van der Waals surface area contributed by atoms with E-state index in [1.54, 1.807) is 6.20 Å². The van der Waals surface area contributed by atoms with Crippen molar-refractivity contribution in [1.82, 2.24) is 10.3 Å². The Morgan fingerprint density at radius 2 is 2.25 bits per heavy atom. The van der Waals surface area contributed by atoms with Gasteiger partial charge in [0.1, 0.15) is 5.82 Å². The molecule has 0 bridgehead atoms. The molecule has 3 unspecified atom stereocenters. The molecule has 1 aromatic rings. The molecule has 4 nitrogen and oxygen atoms in total. The smallest absolute Gasteiger partial charge is 0.166 e. The number of pyridine rings is 1. The van der Waals surface area contributed by atoms with E-state index in [-0.39, 0.29) is 18.0 Å². The van der Waals surface area contributed by atoms with Crippen LogP contribution in [0.1, 0.15) is 6.42 Å². The van der Waals surface area contributed by atoms with Gasteiger partial charge in [0, 0.05) is 30.9 Å². The molecule has 0 amide bonds. The van der Waals surface area contributed by atoms with Crippen LogP contribution < -0.4 is 10.2 Å². The average Bonchev–Trinajstić information content (AvgIpc) is 2.93. The molecule has 20 heavy (non-hydrogen) atoms. The number of nitrogens with one attached hydrogen (secondary N) is 1. The highest BCUT2D eigenvalue weighted by atomic mass is 16.1. The van der Waals surface area contributed by atoms with Gasteiger partial charge < -0.3 is 10.2 Å². The Hall–Kier alpha value is -1.94. The highest BCUT2D eigenvalue weighted by molar-refractivity contribution is 6.01. The average molecular weight is 267 g/mol. The number of anilines is 1. The van der Waals surface area contributed by atoms with Gasteiger partial charge in [-0.25, -0.2) is 4.98 Å². The Kier molecular flexibility index (Phi) is 2.70. The van der Waals surface area contributed by atoms with Gasteiger partial charge in [0.05, 0.1) is 12.0 Å². The van der Waals surface area contributed by atoms with E-state index in [2.05, 4.69) is 33.4 Å². The minimum Gasteiger partial charge on any atom is -0.354 e. The van der Waals surface area contributed by atoms with Gasteiger partial charge >= 0.3 is 0 Å². The van der Waals surface area contributed by atoms with E-state index < -0.39 is 0 Å². The maximum absolute atomic E-state index is 12.6. The second-order valence-electron chi connectivity index (χ2n) is 5.64. The Balaban J connectivity index is 1.60. The van der Waals surface area contributed by atoms with Crippen molar-refractivity contribution in [2.75, 3.05) is 18.0 Å². The highest BCUT2D eigenvalue weighted by Crippen LogP contribution is 2.31. The summed E-state index contributed by atoms with van der Waals surface area (Å²) in [6, 6.07) is 6.26. The highest BCUT2D eigenvalue weighted by Gasteiger charge is 2.44. The monoisotopic (exact) mass is 267 g/mol. The summed E-state index contributed by atoms with van der Waals surface area (Å²) in [4.78, 5) is 19.2. The largest absolute Gasteiger partial charge is 0.354 e. The molecule has 0 radical (unpaired) electrons. The van der Waals surface area contributed by atoms with Crippen LogP contribution in [0, 0.1) is 5.92 Å². The third-order valence-corrected chi connectivity index (χ3v) is 4.45. The maximum Gasteiger partial charge on any atom is 0.166 e. The molecule has 3 heterocycles. The third kappa shape index (κ3) is 1.79. The van der Waals surface area contributed by atoms with Crippen molar-refractivity contribution in [3.05, 3.63) is 48.2 Å². The summed E-state index contributed by atoms with van der Waals surface area (Å²) in [5, 5.41) is 3.60. The zero-order valence-corrected chi connectivity index (χ0v) is 11.2. The van der Waals surface area contributed by atoms with Crippen molar-refractivity contribution < 1.29 is 4.79 Å². The van der Waals surface area contributed by atoms with Crippen LogP contribution in [0.15, 0.2) is 48.2 Å². The second kappa shape index (κ2) is 4.56. The SMILES string of the molecule is O=C1C2=CCC=CC2NC2CN(c3ccccn3)CC12. The first-order valence-electron chi connectivity index (χ1n) is 7.16. The normalized spacial score (nSPS) is 31.8. The van der Waals surface area contributed by atoms with Gasteiger partial charge in [-0.15, -0.1) is 0 Å². The number of hydrogen-bond acceptors (Lipinski definition) is 4.